The minimum Gasteiger partial charge on any atom is -0.399 e. The summed E-state index contributed by atoms with van der Waals surface area (Å²) in [6, 6.07) is 6.25. The summed E-state index contributed by atoms with van der Waals surface area (Å²) in [4.78, 5) is 2.39. The van der Waals surface area contributed by atoms with Crippen molar-refractivity contribution in [3.05, 3.63) is 28.2 Å². The van der Waals surface area contributed by atoms with Crippen molar-refractivity contribution in [2.75, 3.05) is 18.9 Å². The minimum atomic E-state index is 0.257. The lowest BCUT2D eigenvalue weighted by atomic mass is 10.1. The summed E-state index contributed by atoms with van der Waals surface area (Å²) in [6.45, 7) is 2.21. The van der Waals surface area contributed by atoms with Crippen LogP contribution < -0.4 is 5.73 Å². The van der Waals surface area contributed by atoms with Gasteiger partial charge in [0.1, 0.15) is 0 Å². The largest absolute Gasteiger partial charge is 0.399 e. The zero-order valence-corrected chi connectivity index (χ0v) is 12.2. The number of aliphatic hydroxyl groups excluding tert-OH is 1. The van der Waals surface area contributed by atoms with Crippen LogP contribution >= 0.6 is 15.9 Å². The number of nitrogens with two attached hydrogens (primary N) is 1. The first kappa shape index (κ1) is 13.8. The number of anilines is 1. The van der Waals surface area contributed by atoms with Crippen LogP contribution in [0.15, 0.2) is 22.7 Å². The van der Waals surface area contributed by atoms with E-state index in [2.05, 4.69) is 26.9 Å². The number of hydrogen-bond acceptors (Lipinski definition) is 3. The topological polar surface area (TPSA) is 49.5 Å². The number of benzene rings is 1. The molecule has 1 aromatic rings. The van der Waals surface area contributed by atoms with Gasteiger partial charge in [-0.3, -0.25) is 4.90 Å². The summed E-state index contributed by atoms with van der Waals surface area (Å²) in [5.74, 6) is 0. The van der Waals surface area contributed by atoms with E-state index in [0.717, 1.165) is 29.7 Å². The number of nitrogen functional groups attached to an aromatic ring is 1. The molecule has 0 aromatic heterocycles. The normalized spacial score (nSPS) is 21.8. The van der Waals surface area contributed by atoms with Crippen molar-refractivity contribution in [1.82, 2.24) is 4.90 Å². The number of halogens is 1. The van der Waals surface area contributed by atoms with Crippen LogP contribution in [0.2, 0.25) is 0 Å². The first-order valence-corrected chi connectivity index (χ1v) is 7.39. The van der Waals surface area contributed by atoms with E-state index in [-0.39, 0.29) is 6.61 Å². The molecule has 0 saturated carbocycles. The Kier molecular flexibility index (Phi) is 5.03. The van der Waals surface area contributed by atoms with Crippen LogP contribution in [0.4, 0.5) is 5.69 Å². The smallest absolute Gasteiger partial charge is 0.0586 e. The molecule has 1 aromatic carbocycles. The molecule has 0 bridgehead atoms. The Morgan fingerprint density at radius 3 is 2.89 bits per heavy atom. The number of nitrogens with zero attached hydrogens (tertiary/aromatic N) is 1. The van der Waals surface area contributed by atoms with E-state index in [0.29, 0.717) is 6.04 Å². The molecule has 0 amide bonds. The third-order valence-electron chi connectivity index (χ3n) is 3.66. The zero-order valence-electron chi connectivity index (χ0n) is 10.6. The zero-order chi connectivity index (χ0) is 13.0. The Hall–Kier alpha value is -0.580. The van der Waals surface area contributed by atoms with Crippen LogP contribution in [-0.2, 0) is 6.54 Å². The molecule has 1 aliphatic rings. The molecular formula is C14H21BrN2O. The Bertz CT molecular complexity index is 397. The van der Waals surface area contributed by atoms with Crippen LogP contribution in [-0.4, -0.2) is 29.2 Å². The summed E-state index contributed by atoms with van der Waals surface area (Å²) < 4.78 is 1.06. The van der Waals surface area contributed by atoms with Gasteiger partial charge in [-0.15, -0.1) is 0 Å². The van der Waals surface area contributed by atoms with Gasteiger partial charge >= 0.3 is 0 Å². The van der Waals surface area contributed by atoms with Crippen molar-refractivity contribution in [1.29, 1.82) is 0 Å². The third kappa shape index (κ3) is 3.46. The van der Waals surface area contributed by atoms with Crippen molar-refractivity contribution in [2.45, 2.75) is 38.3 Å². The summed E-state index contributed by atoms with van der Waals surface area (Å²) >= 11 is 3.57. The van der Waals surface area contributed by atoms with E-state index in [1.165, 1.54) is 24.8 Å². The average molecular weight is 313 g/mol. The Balaban J connectivity index is 2.10. The second-order valence-electron chi connectivity index (χ2n) is 5.01. The maximum atomic E-state index is 9.50. The van der Waals surface area contributed by atoms with Gasteiger partial charge in [0.25, 0.3) is 0 Å². The van der Waals surface area contributed by atoms with Gasteiger partial charge < -0.3 is 10.8 Å². The fourth-order valence-electron chi connectivity index (χ4n) is 2.56. The van der Waals surface area contributed by atoms with Crippen LogP contribution in [0.25, 0.3) is 0 Å². The van der Waals surface area contributed by atoms with Gasteiger partial charge in [-0.2, -0.15) is 0 Å². The highest BCUT2D eigenvalue weighted by atomic mass is 79.9. The summed E-state index contributed by atoms with van der Waals surface area (Å²) in [5, 5.41) is 9.50. The number of aliphatic hydroxyl groups is 1. The first-order valence-electron chi connectivity index (χ1n) is 6.59. The number of hydrogen-bond donors (Lipinski definition) is 2. The van der Waals surface area contributed by atoms with E-state index < -0.39 is 0 Å². The average Bonchev–Trinajstić information content (AvgIpc) is 2.57. The number of rotatable bonds is 3. The van der Waals surface area contributed by atoms with Crippen LogP contribution in [0, 0.1) is 0 Å². The van der Waals surface area contributed by atoms with Crippen molar-refractivity contribution < 1.29 is 5.11 Å². The fourth-order valence-corrected chi connectivity index (χ4v) is 3.08. The molecule has 0 radical (unpaired) electrons. The van der Waals surface area contributed by atoms with E-state index in [1.54, 1.807) is 0 Å². The molecule has 0 spiro atoms. The maximum absolute atomic E-state index is 9.50. The molecular weight excluding hydrogens is 292 g/mol. The van der Waals surface area contributed by atoms with Gasteiger partial charge in [-0.1, -0.05) is 34.8 Å². The number of likely N-dealkylation sites (tertiary alicyclic amines) is 1. The highest BCUT2D eigenvalue weighted by Crippen LogP contribution is 2.24. The molecule has 3 N–H and O–H groups in total. The van der Waals surface area contributed by atoms with Gasteiger partial charge in [-0.05, 0) is 37.1 Å². The lowest BCUT2D eigenvalue weighted by molar-refractivity contribution is 0.118. The quantitative estimate of drug-likeness (QED) is 0.844. The molecule has 100 valence electrons. The van der Waals surface area contributed by atoms with Crippen molar-refractivity contribution in [3.63, 3.8) is 0 Å². The van der Waals surface area contributed by atoms with Gasteiger partial charge in [0.15, 0.2) is 0 Å². The molecule has 1 heterocycles. The van der Waals surface area contributed by atoms with Crippen LogP contribution in [0.3, 0.4) is 0 Å². The Labute approximate surface area is 117 Å². The van der Waals surface area contributed by atoms with Gasteiger partial charge in [0.2, 0.25) is 0 Å². The van der Waals surface area contributed by atoms with E-state index in [9.17, 15) is 5.11 Å². The van der Waals surface area contributed by atoms with Crippen LogP contribution in [0.1, 0.15) is 31.2 Å². The Morgan fingerprint density at radius 2 is 2.17 bits per heavy atom. The lowest BCUT2D eigenvalue weighted by Crippen LogP contribution is -2.37. The summed E-state index contributed by atoms with van der Waals surface area (Å²) in [5.41, 5.74) is 7.77. The molecule has 1 fully saturated rings. The molecule has 1 saturated heterocycles. The summed E-state index contributed by atoms with van der Waals surface area (Å²) in [6.07, 6.45) is 4.83. The van der Waals surface area contributed by atoms with Gasteiger partial charge in [0.05, 0.1) is 6.61 Å². The van der Waals surface area contributed by atoms with Gasteiger partial charge in [-0.25, -0.2) is 0 Å². The minimum absolute atomic E-state index is 0.257. The summed E-state index contributed by atoms with van der Waals surface area (Å²) in [7, 11) is 0. The molecule has 4 heteroatoms. The second kappa shape index (κ2) is 6.55. The van der Waals surface area contributed by atoms with Gasteiger partial charge in [0, 0.05) is 22.7 Å². The standard InChI is InChI=1S/C14H21BrN2O/c15-14-8-12(16)6-5-11(14)9-17-7-3-1-2-4-13(17)10-18/h5-6,8,13,18H,1-4,7,9-10,16H2. The lowest BCUT2D eigenvalue weighted by Gasteiger charge is -2.28. The molecule has 3 nitrogen and oxygen atoms in total. The Morgan fingerprint density at radius 1 is 1.33 bits per heavy atom. The molecule has 0 aliphatic carbocycles. The van der Waals surface area contributed by atoms with Crippen molar-refractivity contribution in [2.24, 2.45) is 0 Å². The first-order chi connectivity index (χ1) is 8.70. The van der Waals surface area contributed by atoms with Crippen LogP contribution in [0.5, 0.6) is 0 Å². The van der Waals surface area contributed by atoms with E-state index >= 15 is 0 Å². The second-order valence-corrected chi connectivity index (χ2v) is 5.86. The SMILES string of the molecule is Nc1ccc(CN2CCCCCC2CO)c(Br)c1. The third-order valence-corrected chi connectivity index (χ3v) is 4.40. The van der Waals surface area contributed by atoms with E-state index in [4.69, 9.17) is 5.73 Å². The molecule has 1 aliphatic heterocycles. The van der Waals surface area contributed by atoms with Crippen molar-refractivity contribution in [3.8, 4) is 0 Å². The molecule has 18 heavy (non-hydrogen) atoms. The van der Waals surface area contributed by atoms with Crippen molar-refractivity contribution >= 4 is 21.6 Å². The predicted octanol–water partition coefficient (Wildman–Crippen LogP) is 2.77. The monoisotopic (exact) mass is 312 g/mol. The molecule has 1 atom stereocenters. The molecule has 1 unspecified atom stereocenters. The highest BCUT2D eigenvalue weighted by molar-refractivity contribution is 9.10. The fraction of sp³-hybridized carbons (Fsp3) is 0.571. The maximum Gasteiger partial charge on any atom is 0.0586 e. The molecule has 2 rings (SSSR count). The highest BCUT2D eigenvalue weighted by Gasteiger charge is 2.20. The van der Waals surface area contributed by atoms with E-state index in [1.807, 2.05) is 12.1 Å². The predicted molar refractivity (Wildman–Crippen MR) is 78.3 cm³/mol.